The number of aromatic nitrogens is 2. The normalized spacial score (nSPS) is 14.1. The molecule has 1 fully saturated rings. The molecule has 10 nitrogen and oxygen atoms in total. The van der Waals surface area contributed by atoms with Crippen LogP contribution in [-0.4, -0.2) is 47.2 Å². The topological polar surface area (TPSA) is 128 Å². The Morgan fingerprint density at radius 1 is 1.35 bits per heavy atom. The van der Waals surface area contributed by atoms with Crippen molar-refractivity contribution in [2.45, 2.75) is 20.5 Å². The minimum absolute atomic E-state index is 0.0509. The lowest BCUT2D eigenvalue weighted by molar-refractivity contribution is -0.384. The Morgan fingerprint density at radius 3 is 2.81 bits per heavy atom. The van der Waals surface area contributed by atoms with Crippen molar-refractivity contribution < 1.29 is 19.2 Å². The van der Waals surface area contributed by atoms with Crippen molar-refractivity contribution >= 4 is 38.9 Å². The largest absolute Gasteiger partial charge is 0.454 e. The highest BCUT2D eigenvalue weighted by molar-refractivity contribution is 7.18. The molecule has 31 heavy (non-hydrogen) atoms. The summed E-state index contributed by atoms with van der Waals surface area (Å²) in [4.78, 5) is 46.3. The number of hydrogen-bond acceptors (Lipinski definition) is 9. The number of fused-ring (bicyclic) bond motifs is 1. The van der Waals surface area contributed by atoms with Crippen molar-refractivity contribution in [3.05, 3.63) is 60.5 Å². The number of nitro groups is 1. The zero-order chi connectivity index (χ0) is 22.1. The van der Waals surface area contributed by atoms with Gasteiger partial charge in [0.2, 0.25) is 0 Å². The summed E-state index contributed by atoms with van der Waals surface area (Å²) in [7, 11) is 0. The van der Waals surface area contributed by atoms with Crippen LogP contribution in [0.3, 0.4) is 0 Å². The molecule has 0 spiro atoms. The van der Waals surface area contributed by atoms with Crippen LogP contribution in [-0.2, 0) is 16.1 Å². The van der Waals surface area contributed by atoms with Crippen molar-refractivity contribution in [2.75, 3.05) is 31.2 Å². The molecule has 2 aromatic heterocycles. The average molecular weight is 444 g/mol. The summed E-state index contributed by atoms with van der Waals surface area (Å²) in [6, 6.07) is 4.24. The van der Waals surface area contributed by atoms with Gasteiger partial charge in [-0.05, 0) is 31.5 Å². The van der Waals surface area contributed by atoms with Crippen molar-refractivity contribution in [3.8, 4) is 0 Å². The second-order valence-electron chi connectivity index (χ2n) is 7.11. The van der Waals surface area contributed by atoms with Crippen LogP contribution < -0.4 is 10.5 Å². The molecule has 0 aliphatic carbocycles. The molecule has 162 valence electrons. The number of thiophene rings is 1. The predicted molar refractivity (Wildman–Crippen MR) is 115 cm³/mol. The number of aryl methyl sites for hydroxylation is 2. The van der Waals surface area contributed by atoms with E-state index in [2.05, 4.69) is 9.97 Å². The summed E-state index contributed by atoms with van der Waals surface area (Å²) < 4.78 is 10.5. The fourth-order valence-corrected chi connectivity index (χ4v) is 4.50. The van der Waals surface area contributed by atoms with E-state index in [4.69, 9.17) is 9.47 Å². The van der Waals surface area contributed by atoms with Crippen LogP contribution in [0.15, 0.2) is 23.0 Å². The van der Waals surface area contributed by atoms with Crippen molar-refractivity contribution in [1.82, 2.24) is 9.97 Å². The summed E-state index contributed by atoms with van der Waals surface area (Å²) in [6.45, 7) is 5.56. The van der Waals surface area contributed by atoms with Gasteiger partial charge >= 0.3 is 5.97 Å². The first-order chi connectivity index (χ1) is 14.8. The van der Waals surface area contributed by atoms with Crippen molar-refractivity contribution in [3.63, 3.8) is 0 Å². The molecule has 0 radical (unpaired) electrons. The van der Waals surface area contributed by atoms with Crippen LogP contribution >= 0.6 is 11.3 Å². The summed E-state index contributed by atoms with van der Waals surface area (Å²) in [5, 5.41) is 12.1. The van der Waals surface area contributed by atoms with Gasteiger partial charge < -0.3 is 19.4 Å². The molecule has 4 rings (SSSR count). The quantitative estimate of drug-likeness (QED) is 0.361. The Hall–Kier alpha value is -3.31. The molecule has 1 N–H and O–H groups in total. The van der Waals surface area contributed by atoms with Gasteiger partial charge in [-0.25, -0.2) is 9.78 Å². The fourth-order valence-electron chi connectivity index (χ4n) is 3.45. The van der Waals surface area contributed by atoms with E-state index < -0.39 is 10.9 Å². The van der Waals surface area contributed by atoms with E-state index in [0.29, 0.717) is 42.2 Å². The summed E-state index contributed by atoms with van der Waals surface area (Å²) in [5.74, 6) is -0.524. The lowest BCUT2D eigenvalue weighted by atomic mass is 10.1. The lowest BCUT2D eigenvalue weighted by Gasteiger charge is -2.28. The molecule has 3 heterocycles. The number of nitro benzene ring substituents is 1. The second kappa shape index (κ2) is 8.44. The van der Waals surface area contributed by atoms with Gasteiger partial charge in [0.15, 0.2) is 0 Å². The van der Waals surface area contributed by atoms with E-state index in [0.717, 1.165) is 10.4 Å². The van der Waals surface area contributed by atoms with Gasteiger partial charge in [0.25, 0.3) is 11.2 Å². The van der Waals surface area contributed by atoms with Crippen LogP contribution in [0.4, 0.5) is 11.4 Å². The van der Waals surface area contributed by atoms with E-state index in [1.165, 1.54) is 23.5 Å². The Bertz CT molecular complexity index is 1230. The number of ether oxygens (including phenoxy) is 2. The molecule has 1 aromatic carbocycles. The fraction of sp³-hybridized carbons (Fsp3) is 0.350. The number of esters is 1. The van der Waals surface area contributed by atoms with E-state index in [1.54, 1.807) is 6.07 Å². The van der Waals surface area contributed by atoms with Gasteiger partial charge in [0, 0.05) is 24.0 Å². The molecule has 0 bridgehead atoms. The van der Waals surface area contributed by atoms with Gasteiger partial charge in [-0.1, -0.05) is 0 Å². The van der Waals surface area contributed by atoms with E-state index in [-0.39, 0.29) is 29.2 Å². The number of H-pyrrole nitrogens is 1. The van der Waals surface area contributed by atoms with Gasteiger partial charge in [-0.2, -0.15) is 0 Å². The molecule has 1 aliphatic rings. The van der Waals surface area contributed by atoms with E-state index in [9.17, 15) is 19.7 Å². The number of benzene rings is 1. The first kappa shape index (κ1) is 20.9. The van der Waals surface area contributed by atoms with Crippen LogP contribution in [0.5, 0.6) is 0 Å². The predicted octanol–water partition coefficient (Wildman–Crippen LogP) is 2.70. The molecule has 0 unspecified atom stereocenters. The Labute approximate surface area is 180 Å². The highest BCUT2D eigenvalue weighted by Gasteiger charge is 2.24. The smallest absolute Gasteiger partial charge is 0.338 e. The third kappa shape index (κ3) is 4.14. The van der Waals surface area contributed by atoms with Crippen LogP contribution in [0, 0.1) is 24.0 Å². The Balaban J connectivity index is 1.53. The van der Waals surface area contributed by atoms with Crippen LogP contribution in [0.1, 0.15) is 26.6 Å². The zero-order valence-electron chi connectivity index (χ0n) is 17.0. The zero-order valence-corrected chi connectivity index (χ0v) is 17.8. The first-order valence-electron chi connectivity index (χ1n) is 9.62. The summed E-state index contributed by atoms with van der Waals surface area (Å²) in [6.07, 6.45) is 0. The number of morpholine rings is 1. The molecular weight excluding hydrogens is 424 g/mol. The lowest BCUT2D eigenvalue weighted by Crippen LogP contribution is -2.36. The number of anilines is 1. The number of nitrogens with zero attached hydrogens (tertiary/aromatic N) is 3. The maximum atomic E-state index is 12.5. The summed E-state index contributed by atoms with van der Waals surface area (Å²) >= 11 is 1.40. The van der Waals surface area contributed by atoms with Crippen molar-refractivity contribution in [1.29, 1.82) is 0 Å². The Kier molecular flexibility index (Phi) is 5.70. The number of aromatic amines is 1. The molecule has 0 atom stereocenters. The minimum Gasteiger partial charge on any atom is -0.454 e. The number of carbonyl (C=O) groups excluding carboxylic acids is 1. The molecule has 1 aliphatic heterocycles. The van der Waals surface area contributed by atoms with Gasteiger partial charge in [-0.15, -0.1) is 11.3 Å². The van der Waals surface area contributed by atoms with E-state index >= 15 is 0 Å². The standard InChI is InChI=1S/C20H20N4O6S/c1-11-12(2)31-19-17(11)18(25)21-16(22-19)10-30-20(26)13-3-4-14(15(9-13)24(27)28)23-5-7-29-8-6-23/h3-4,9H,5-8,10H2,1-2H3,(H,21,22,25). The maximum absolute atomic E-state index is 12.5. The third-order valence-corrected chi connectivity index (χ3v) is 6.29. The molecular formula is C20H20N4O6S. The SMILES string of the molecule is Cc1sc2nc(COC(=O)c3ccc(N4CCOCC4)c([N+](=O)[O-])c3)[nH]c(=O)c2c1C. The van der Waals surface area contributed by atoms with Gasteiger partial charge in [0.05, 0.1) is 29.1 Å². The molecule has 0 amide bonds. The molecule has 0 saturated carbocycles. The monoisotopic (exact) mass is 444 g/mol. The number of nitrogens with one attached hydrogen (secondary N) is 1. The molecule has 1 saturated heterocycles. The third-order valence-electron chi connectivity index (χ3n) is 5.19. The van der Waals surface area contributed by atoms with Crippen LogP contribution in [0.25, 0.3) is 10.2 Å². The highest BCUT2D eigenvalue weighted by atomic mass is 32.1. The number of carbonyl (C=O) groups is 1. The number of hydrogen-bond donors (Lipinski definition) is 1. The average Bonchev–Trinajstić information content (AvgIpc) is 3.06. The minimum atomic E-state index is -0.738. The van der Waals surface area contributed by atoms with Gasteiger partial charge in [0.1, 0.15) is 22.9 Å². The van der Waals surface area contributed by atoms with Crippen molar-refractivity contribution in [2.24, 2.45) is 0 Å². The second-order valence-corrected chi connectivity index (χ2v) is 8.32. The van der Waals surface area contributed by atoms with Gasteiger partial charge in [-0.3, -0.25) is 14.9 Å². The summed E-state index contributed by atoms with van der Waals surface area (Å²) in [5.41, 5.74) is 0.905. The van der Waals surface area contributed by atoms with Crippen LogP contribution in [0.2, 0.25) is 0 Å². The molecule has 3 aromatic rings. The number of rotatable bonds is 5. The van der Waals surface area contributed by atoms with E-state index in [1.807, 2.05) is 18.7 Å². The Morgan fingerprint density at radius 2 is 2.10 bits per heavy atom. The highest BCUT2D eigenvalue weighted by Crippen LogP contribution is 2.30. The first-order valence-corrected chi connectivity index (χ1v) is 10.4. The molecule has 11 heteroatoms. The maximum Gasteiger partial charge on any atom is 0.338 e.